The molecule has 0 unspecified atom stereocenters. The fourth-order valence-corrected chi connectivity index (χ4v) is 3.11. The molecule has 1 aromatic carbocycles. The van der Waals surface area contributed by atoms with E-state index in [0.29, 0.717) is 42.7 Å². The molecule has 0 atom stereocenters. The van der Waals surface area contributed by atoms with Gasteiger partial charge in [0.05, 0.1) is 5.56 Å². The summed E-state index contributed by atoms with van der Waals surface area (Å²) in [5, 5.41) is 5.68. The number of piperidine rings is 1. The first-order valence-corrected chi connectivity index (χ1v) is 8.91. The molecule has 0 spiro atoms. The summed E-state index contributed by atoms with van der Waals surface area (Å²) in [4.78, 5) is 41.8. The highest BCUT2D eigenvalue weighted by molar-refractivity contribution is 5.97. The first-order chi connectivity index (χ1) is 13.0. The minimum Gasteiger partial charge on any atom is -0.349 e. The average Bonchev–Trinajstić information content (AvgIpc) is 2.68. The van der Waals surface area contributed by atoms with Crippen molar-refractivity contribution in [2.45, 2.75) is 25.8 Å². The minimum atomic E-state index is -0.182. The third-order valence-electron chi connectivity index (χ3n) is 4.47. The Labute approximate surface area is 157 Å². The Morgan fingerprint density at radius 2 is 1.81 bits per heavy atom. The Bertz CT molecular complexity index is 830. The number of nitrogens with one attached hydrogen (secondary N) is 2. The van der Waals surface area contributed by atoms with Crippen molar-refractivity contribution in [2.75, 3.05) is 18.4 Å². The molecular formula is C20H22N4O3. The van der Waals surface area contributed by atoms with Crippen LogP contribution in [-0.2, 0) is 4.79 Å². The zero-order chi connectivity index (χ0) is 19.2. The molecule has 7 nitrogen and oxygen atoms in total. The summed E-state index contributed by atoms with van der Waals surface area (Å²) in [6, 6.07) is 10.3. The average molecular weight is 366 g/mol. The van der Waals surface area contributed by atoms with Gasteiger partial charge in [-0.1, -0.05) is 6.07 Å². The Kier molecular flexibility index (Phi) is 5.80. The van der Waals surface area contributed by atoms with E-state index in [1.165, 1.54) is 6.92 Å². The van der Waals surface area contributed by atoms with Crippen LogP contribution in [0.3, 0.4) is 0 Å². The lowest BCUT2D eigenvalue weighted by Gasteiger charge is -2.32. The monoisotopic (exact) mass is 366 g/mol. The SMILES string of the molecule is CC(=O)Nc1cccc(C(=O)NC2CCN(C(=O)c3cccnc3)CC2)c1. The second-order valence-corrected chi connectivity index (χ2v) is 6.54. The number of carbonyl (C=O) groups is 3. The molecule has 1 aliphatic rings. The second-order valence-electron chi connectivity index (χ2n) is 6.54. The van der Waals surface area contributed by atoms with Crippen LogP contribution in [0.2, 0.25) is 0 Å². The number of nitrogens with zero attached hydrogens (tertiary/aromatic N) is 2. The third kappa shape index (κ3) is 4.91. The van der Waals surface area contributed by atoms with Crippen molar-refractivity contribution in [1.29, 1.82) is 0 Å². The summed E-state index contributed by atoms with van der Waals surface area (Å²) in [6.07, 6.45) is 4.60. The molecule has 1 aromatic heterocycles. The fraction of sp³-hybridized carbons (Fsp3) is 0.300. The van der Waals surface area contributed by atoms with E-state index < -0.39 is 0 Å². The maximum absolute atomic E-state index is 12.5. The zero-order valence-electron chi connectivity index (χ0n) is 15.1. The summed E-state index contributed by atoms with van der Waals surface area (Å²) < 4.78 is 0. The van der Waals surface area contributed by atoms with Crippen molar-refractivity contribution in [3.05, 3.63) is 59.9 Å². The molecule has 140 valence electrons. The summed E-state index contributed by atoms with van der Waals surface area (Å²) in [7, 11) is 0. The molecule has 1 saturated heterocycles. The van der Waals surface area contributed by atoms with E-state index in [4.69, 9.17) is 0 Å². The van der Waals surface area contributed by atoms with Gasteiger partial charge in [-0.05, 0) is 43.2 Å². The highest BCUT2D eigenvalue weighted by Gasteiger charge is 2.25. The summed E-state index contributed by atoms with van der Waals surface area (Å²) in [6.45, 7) is 2.60. The summed E-state index contributed by atoms with van der Waals surface area (Å²) in [5.74, 6) is -0.395. The number of benzene rings is 1. The van der Waals surface area contributed by atoms with E-state index in [9.17, 15) is 14.4 Å². The van der Waals surface area contributed by atoms with Gasteiger partial charge in [-0.3, -0.25) is 19.4 Å². The first-order valence-electron chi connectivity index (χ1n) is 8.91. The minimum absolute atomic E-state index is 0.0138. The molecule has 3 amide bonds. The molecule has 2 N–H and O–H groups in total. The lowest BCUT2D eigenvalue weighted by atomic mass is 10.0. The van der Waals surface area contributed by atoms with Crippen molar-refractivity contribution >= 4 is 23.4 Å². The molecule has 0 radical (unpaired) electrons. The van der Waals surface area contributed by atoms with Crippen LogP contribution >= 0.6 is 0 Å². The van der Waals surface area contributed by atoms with E-state index in [1.807, 2.05) is 0 Å². The highest BCUT2D eigenvalue weighted by Crippen LogP contribution is 2.15. The van der Waals surface area contributed by atoms with Gasteiger partial charge in [-0.15, -0.1) is 0 Å². The van der Waals surface area contributed by atoms with Crippen molar-refractivity contribution in [2.24, 2.45) is 0 Å². The van der Waals surface area contributed by atoms with Gasteiger partial charge in [0.15, 0.2) is 0 Å². The highest BCUT2D eigenvalue weighted by atomic mass is 16.2. The van der Waals surface area contributed by atoms with E-state index in [2.05, 4.69) is 15.6 Å². The van der Waals surface area contributed by atoms with Gasteiger partial charge >= 0.3 is 0 Å². The Balaban J connectivity index is 1.54. The van der Waals surface area contributed by atoms with Crippen molar-refractivity contribution < 1.29 is 14.4 Å². The van der Waals surface area contributed by atoms with Gasteiger partial charge < -0.3 is 15.5 Å². The van der Waals surface area contributed by atoms with E-state index in [-0.39, 0.29) is 23.8 Å². The maximum atomic E-state index is 12.5. The maximum Gasteiger partial charge on any atom is 0.255 e. The van der Waals surface area contributed by atoms with E-state index in [1.54, 1.807) is 53.7 Å². The van der Waals surface area contributed by atoms with Crippen molar-refractivity contribution in [3.63, 3.8) is 0 Å². The van der Waals surface area contributed by atoms with Gasteiger partial charge in [0, 0.05) is 49.7 Å². The quantitative estimate of drug-likeness (QED) is 0.867. The molecule has 1 aliphatic heterocycles. The van der Waals surface area contributed by atoms with Gasteiger partial charge in [0.1, 0.15) is 0 Å². The smallest absolute Gasteiger partial charge is 0.255 e. The number of pyridine rings is 1. The summed E-state index contributed by atoms with van der Waals surface area (Å²) in [5.41, 5.74) is 1.66. The van der Waals surface area contributed by atoms with Crippen LogP contribution in [0.25, 0.3) is 0 Å². The van der Waals surface area contributed by atoms with Crippen LogP contribution in [-0.4, -0.2) is 46.7 Å². The predicted molar refractivity (Wildman–Crippen MR) is 101 cm³/mol. The normalized spacial score (nSPS) is 14.5. The van der Waals surface area contributed by atoms with Crippen LogP contribution in [0, 0.1) is 0 Å². The van der Waals surface area contributed by atoms with Gasteiger partial charge in [0.2, 0.25) is 5.91 Å². The lowest BCUT2D eigenvalue weighted by Crippen LogP contribution is -2.46. The second kappa shape index (κ2) is 8.44. The molecule has 2 aromatic rings. The third-order valence-corrected chi connectivity index (χ3v) is 4.47. The molecule has 0 aliphatic carbocycles. The molecule has 7 heteroatoms. The van der Waals surface area contributed by atoms with Gasteiger partial charge in [-0.25, -0.2) is 0 Å². The van der Waals surface area contributed by atoms with Crippen LogP contribution < -0.4 is 10.6 Å². The van der Waals surface area contributed by atoms with Crippen LogP contribution in [0.15, 0.2) is 48.8 Å². The fourth-order valence-electron chi connectivity index (χ4n) is 3.11. The Morgan fingerprint density at radius 3 is 2.48 bits per heavy atom. The van der Waals surface area contributed by atoms with Crippen molar-refractivity contribution in [1.82, 2.24) is 15.2 Å². The number of amides is 3. The number of hydrogen-bond acceptors (Lipinski definition) is 4. The van der Waals surface area contributed by atoms with E-state index >= 15 is 0 Å². The number of likely N-dealkylation sites (tertiary alicyclic amines) is 1. The Morgan fingerprint density at radius 1 is 1.07 bits per heavy atom. The molecule has 0 bridgehead atoms. The van der Waals surface area contributed by atoms with Crippen molar-refractivity contribution in [3.8, 4) is 0 Å². The number of rotatable bonds is 4. The number of aromatic nitrogens is 1. The van der Waals surface area contributed by atoms with Gasteiger partial charge in [0.25, 0.3) is 11.8 Å². The lowest BCUT2D eigenvalue weighted by molar-refractivity contribution is -0.114. The molecule has 3 rings (SSSR count). The van der Waals surface area contributed by atoms with Gasteiger partial charge in [-0.2, -0.15) is 0 Å². The zero-order valence-corrected chi connectivity index (χ0v) is 15.1. The summed E-state index contributed by atoms with van der Waals surface area (Å²) >= 11 is 0. The topological polar surface area (TPSA) is 91.4 Å². The standard InChI is InChI=1S/C20H22N4O3/c1-14(25)22-18-6-2-4-15(12-18)19(26)23-17-7-10-24(11-8-17)20(27)16-5-3-9-21-13-16/h2-6,9,12-13,17H,7-8,10-11H2,1H3,(H,22,25)(H,23,26). The number of anilines is 1. The van der Waals surface area contributed by atoms with E-state index in [0.717, 1.165) is 0 Å². The molecular weight excluding hydrogens is 344 g/mol. The molecule has 0 saturated carbocycles. The predicted octanol–water partition coefficient (Wildman–Crippen LogP) is 2.07. The Hall–Kier alpha value is -3.22. The molecule has 27 heavy (non-hydrogen) atoms. The van der Waals surface area contributed by atoms with Crippen LogP contribution in [0.5, 0.6) is 0 Å². The first kappa shape index (κ1) is 18.6. The molecule has 2 heterocycles. The van der Waals surface area contributed by atoms with Crippen LogP contribution in [0.4, 0.5) is 5.69 Å². The van der Waals surface area contributed by atoms with Crippen LogP contribution in [0.1, 0.15) is 40.5 Å². The molecule has 1 fully saturated rings. The number of hydrogen-bond donors (Lipinski definition) is 2. The number of carbonyl (C=O) groups excluding carboxylic acids is 3. The largest absolute Gasteiger partial charge is 0.349 e.